The second-order valence-corrected chi connectivity index (χ2v) is 17.8. The van der Waals surface area contributed by atoms with E-state index in [1.807, 2.05) is 20.8 Å². The van der Waals surface area contributed by atoms with Crippen LogP contribution in [0.15, 0.2) is 0 Å². The zero-order chi connectivity index (χ0) is 30.8. The van der Waals surface area contributed by atoms with E-state index in [9.17, 15) is 9.59 Å². The van der Waals surface area contributed by atoms with Crippen molar-refractivity contribution in [3.8, 4) is 0 Å². The second kappa shape index (κ2) is 12.7. The molecule has 2 saturated heterocycles. The Morgan fingerprint density at radius 1 is 0.841 bits per heavy atom. The number of carbonyl (C=O) groups is 2. The van der Waals surface area contributed by atoms with Crippen LogP contribution in [0.3, 0.4) is 0 Å². The Bertz CT molecular complexity index is 1050. The average molecular weight is 680 g/mol. The van der Waals surface area contributed by atoms with E-state index in [2.05, 4.69) is 25.8 Å². The number of likely N-dealkylation sites (tertiary alicyclic amines) is 2. The first-order valence-corrected chi connectivity index (χ1v) is 18.2. The lowest BCUT2D eigenvalue weighted by molar-refractivity contribution is -0.940. The fourth-order valence-corrected chi connectivity index (χ4v) is 11.8. The summed E-state index contributed by atoms with van der Waals surface area (Å²) in [5.74, 6) is 2.52. The molecule has 0 aromatic heterocycles. The number of esters is 2. The van der Waals surface area contributed by atoms with Crippen molar-refractivity contribution in [1.29, 1.82) is 0 Å². The maximum Gasteiger partial charge on any atom is 0.311 e. The Balaban J connectivity index is 0.00000384. The van der Waals surface area contributed by atoms with Gasteiger partial charge in [0.15, 0.2) is 6.10 Å². The number of fused-ring (bicyclic) bond motifs is 5. The minimum atomic E-state index is -0.480. The van der Waals surface area contributed by atoms with Crippen molar-refractivity contribution in [3.63, 3.8) is 0 Å². The van der Waals surface area contributed by atoms with E-state index < -0.39 is 5.41 Å². The largest absolute Gasteiger partial charge is 1.00 e. The molecule has 0 amide bonds. The van der Waals surface area contributed by atoms with Crippen LogP contribution in [0.5, 0.6) is 0 Å². The monoisotopic (exact) mass is 678 g/mol. The van der Waals surface area contributed by atoms with Gasteiger partial charge in [0.25, 0.3) is 0 Å². The topological polar surface area (TPSA) is 55.8 Å². The Labute approximate surface area is 279 Å². The Kier molecular flexibility index (Phi) is 10.0. The zero-order valence-electron chi connectivity index (χ0n) is 29.0. The molecule has 6 rings (SSSR count). The van der Waals surface area contributed by atoms with Crippen molar-refractivity contribution in [1.82, 2.24) is 4.90 Å². The summed E-state index contributed by atoms with van der Waals surface area (Å²) >= 11 is 0. The molecule has 0 N–H and O–H groups in total. The molecule has 10 atom stereocenters. The van der Waals surface area contributed by atoms with Crippen LogP contribution in [0.1, 0.15) is 125 Å². The van der Waals surface area contributed by atoms with Crippen LogP contribution in [-0.4, -0.2) is 78.8 Å². The minimum Gasteiger partial charge on any atom is -1.00 e. The molecule has 0 aromatic rings. The minimum absolute atomic E-state index is 0. The Hall–Kier alpha value is -0.660. The molecule has 6 nitrogen and oxygen atoms in total. The first-order chi connectivity index (χ1) is 20.3. The van der Waals surface area contributed by atoms with Crippen molar-refractivity contribution in [2.24, 2.45) is 39.9 Å². The number of likely N-dealkylation sites (N-methyl/N-ethyl adjacent to an activating group) is 1. The number of hydrogen-bond acceptors (Lipinski definition) is 5. The number of hydrogen-bond donors (Lipinski definition) is 0. The average Bonchev–Trinajstić information content (AvgIpc) is 3.26. The van der Waals surface area contributed by atoms with E-state index in [-0.39, 0.29) is 52.0 Å². The van der Waals surface area contributed by atoms with Gasteiger partial charge in [0, 0.05) is 24.8 Å². The molecule has 252 valence electrons. The van der Waals surface area contributed by atoms with Crippen LogP contribution in [0.25, 0.3) is 0 Å². The first-order valence-electron chi connectivity index (χ1n) is 18.2. The lowest BCUT2D eigenvalue weighted by Gasteiger charge is -2.62. The van der Waals surface area contributed by atoms with Gasteiger partial charge in [-0.2, -0.15) is 0 Å². The molecule has 44 heavy (non-hydrogen) atoms. The maximum absolute atomic E-state index is 13.5. The van der Waals surface area contributed by atoms with Crippen LogP contribution in [0.4, 0.5) is 0 Å². The molecule has 7 heteroatoms. The van der Waals surface area contributed by atoms with Crippen LogP contribution < -0.4 is 17.0 Å². The van der Waals surface area contributed by atoms with Gasteiger partial charge < -0.3 is 30.9 Å². The zero-order valence-corrected chi connectivity index (χ0v) is 30.6. The smallest absolute Gasteiger partial charge is 0.311 e. The number of nitrogens with zero attached hydrogens (tertiary/aromatic N) is 2. The quantitative estimate of drug-likeness (QED) is 0.333. The number of rotatable bonds is 4. The van der Waals surface area contributed by atoms with E-state index in [0.29, 0.717) is 35.8 Å². The highest BCUT2D eigenvalue weighted by Gasteiger charge is 2.67. The van der Waals surface area contributed by atoms with Crippen molar-refractivity contribution in [2.75, 3.05) is 33.2 Å². The van der Waals surface area contributed by atoms with Crippen molar-refractivity contribution >= 4 is 11.9 Å². The van der Waals surface area contributed by atoms with Gasteiger partial charge in [0.05, 0.1) is 25.6 Å². The highest BCUT2D eigenvalue weighted by molar-refractivity contribution is 5.75. The van der Waals surface area contributed by atoms with Gasteiger partial charge in [-0.25, -0.2) is 0 Å². The molecule has 5 unspecified atom stereocenters. The second-order valence-electron chi connectivity index (χ2n) is 17.8. The van der Waals surface area contributed by atoms with Gasteiger partial charge >= 0.3 is 11.9 Å². The van der Waals surface area contributed by atoms with E-state index in [1.54, 1.807) is 6.92 Å². The standard InChI is InChI=1S/C37H63N2O4.BrH/c1-25(40)42-32-22-26-14-15-27-28(37(26,6)24-30(32)38-18-10-8-11-19-38)16-17-36(5)29(27)23-31(39(7)20-12-9-13-21-39)33(36)43-34(41)35(2,3)4;/h26-33H,8-24H2,1-7H3;1H/q+1;/p-1/t26?,27-,28-,29+,30?,31?,32?,33?,36+,37+;/m1./s1. The summed E-state index contributed by atoms with van der Waals surface area (Å²) in [4.78, 5) is 28.5. The van der Waals surface area contributed by atoms with Crippen LogP contribution in [-0.2, 0) is 19.1 Å². The molecule has 6 fully saturated rings. The predicted octanol–water partition coefficient (Wildman–Crippen LogP) is 4.00. The molecule has 2 aliphatic heterocycles. The molecule has 0 bridgehead atoms. The number of quaternary nitrogens is 1. The number of halogens is 1. The van der Waals surface area contributed by atoms with Crippen LogP contribution in [0.2, 0.25) is 0 Å². The third-order valence-electron chi connectivity index (χ3n) is 14.3. The predicted molar refractivity (Wildman–Crippen MR) is 170 cm³/mol. The summed E-state index contributed by atoms with van der Waals surface area (Å²) in [5, 5.41) is 0. The summed E-state index contributed by atoms with van der Waals surface area (Å²) in [6.07, 6.45) is 16.2. The third-order valence-corrected chi connectivity index (χ3v) is 14.3. The van der Waals surface area contributed by atoms with Gasteiger partial charge in [-0.15, -0.1) is 0 Å². The van der Waals surface area contributed by atoms with Crippen molar-refractivity contribution < 1.29 is 40.5 Å². The lowest BCUT2D eigenvalue weighted by Crippen LogP contribution is -3.00. The number of piperidine rings is 2. The molecule has 4 saturated carbocycles. The lowest BCUT2D eigenvalue weighted by atomic mass is 9.44. The number of ether oxygens (including phenoxy) is 2. The van der Waals surface area contributed by atoms with Gasteiger partial charge in [-0.3, -0.25) is 14.5 Å². The SMILES string of the molecule is CC(=O)OC1CC2CC[C@@H]3[C@@H](CC[C@]4(C)C(OC(=O)C(C)(C)C)C([N+]5(C)CCCCC5)C[C@@H]34)[C@@]2(C)CC1N1CCCCC1.[Br-]. The fraction of sp³-hybridized carbons (Fsp3) is 0.946. The van der Waals surface area contributed by atoms with E-state index in [4.69, 9.17) is 9.47 Å². The van der Waals surface area contributed by atoms with E-state index >= 15 is 0 Å². The first kappa shape index (κ1) is 34.7. The van der Waals surface area contributed by atoms with Gasteiger partial charge in [-0.05, 0) is 134 Å². The van der Waals surface area contributed by atoms with Gasteiger partial charge in [-0.1, -0.05) is 20.3 Å². The highest BCUT2D eigenvalue weighted by Crippen LogP contribution is 2.68. The van der Waals surface area contributed by atoms with Gasteiger partial charge in [0.1, 0.15) is 12.1 Å². The molecule has 0 aromatic carbocycles. The summed E-state index contributed by atoms with van der Waals surface area (Å²) in [5.41, 5.74) is -0.148. The molecule has 0 spiro atoms. The normalized spacial score (nSPS) is 43.9. The maximum atomic E-state index is 13.5. The summed E-state index contributed by atoms with van der Waals surface area (Å²) in [6, 6.07) is 0.763. The molecule has 2 heterocycles. The Morgan fingerprint density at radius 2 is 1.50 bits per heavy atom. The third kappa shape index (κ3) is 6.06. The molecule has 4 aliphatic carbocycles. The van der Waals surface area contributed by atoms with Gasteiger partial charge in [0.2, 0.25) is 0 Å². The summed E-state index contributed by atoms with van der Waals surface area (Å²) in [6.45, 7) is 17.5. The molecule has 6 aliphatic rings. The fourth-order valence-electron chi connectivity index (χ4n) is 11.8. The molecular formula is C37H63BrN2O4. The van der Waals surface area contributed by atoms with Crippen molar-refractivity contribution in [2.45, 2.75) is 149 Å². The molecular weight excluding hydrogens is 616 g/mol. The van der Waals surface area contributed by atoms with Crippen molar-refractivity contribution in [3.05, 3.63) is 0 Å². The summed E-state index contributed by atoms with van der Waals surface area (Å²) in [7, 11) is 2.48. The van der Waals surface area contributed by atoms with E-state index in [1.165, 1.54) is 90.1 Å². The number of carbonyl (C=O) groups excluding carboxylic acids is 2. The van der Waals surface area contributed by atoms with Crippen LogP contribution >= 0.6 is 0 Å². The Morgan fingerprint density at radius 3 is 2.14 bits per heavy atom. The molecule has 0 radical (unpaired) electrons. The van der Waals surface area contributed by atoms with E-state index in [0.717, 1.165) is 24.0 Å². The highest BCUT2D eigenvalue weighted by atomic mass is 79.9. The summed E-state index contributed by atoms with van der Waals surface area (Å²) < 4.78 is 13.9. The van der Waals surface area contributed by atoms with Crippen LogP contribution in [0, 0.1) is 39.9 Å².